The Morgan fingerprint density at radius 3 is 1.53 bits per heavy atom. The summed E-state index contributed by atoms with van der Waals surface area (Å²) < 4.78 is 54.7. The fourth-order valence-electron chi connectivity index (χ4n) is 11.0. The zero-order valence-electron chi connectivity index (χ0n) is 55.2. The smallest absolute Gasteiger partial charge is 0.508 e. The van der Waals surface area contributed by atoms with Gasteiger partial charge in [0.2, 0.25) is 17.7 Å². The highest BCUT2D eigenvalue weighted by Gasteiger charge is 2.64. The molecule has 0 radical (unpaired) electrons. The number of hydrogen-bond acceptors (Lipinski definition) is 26. The van der Waals surface area contributed by atoms with E-state index in [1.807, 2.05) is 0 Å². The van der Waals surface area contributed by atoms with Crippen molar-refractivity contribution in [2.75, 3.05) is 61.7 Å². The molecule has 5 amide bonds. The Labute approximate surface area is 569 Å². The first kappa shape index (κ1) is 75.5. The van der Waals surface area contributed by atoms with Crippen LogP contribution in [-0.2, 0) is 49.4 Å². The molecule has 2 saturated heterocycles. The molecule has 33 heteroatoms. The number of β-lactam (4-membered cyclic amide) rings is 1. The van der Waals surface area contributed by atoms with Crippen LogP contribution in [0.3, 0.4) is 0 Å². The number of aliphatic carboxylic acids is 1. The molecule has 2 fully saturated rings. The van der Waals surface area contributed by atoms with E-state index in [-0.39, 0.29) is 77.5 Å². The summed E-state index contributed by atoms with van der Waals surface area (Å²) in [4.78, 5) is 175. The molecular formula is C66H76N6O26S. The predicted octanol–water partition coefficient (Wildman–Crippen LogP) is 7.84. The number of nitrogens with zero attached hydrogens (tertiary/aromatic N) is 4. The number of carboxylic acid groups (broad SMARTS) is 1. The number of phenols is 1. The van der Waals surface area contributed by atoms with Gasteiger partial charge in [-0.2, -0.15) is 0 Å². The number of hydrogen-bond donors (Lipinski definition) is 4. The number of carbonyl (C=O) groups excluding carboxylic acids is 10. The first-order valence-corrected chi connectivity index (χ1v) is 32.2. The van der Waals surface area contributed by atoms with E-state index in [0.29, 0.717) is 70.6 Å². The van der Waals surface area contributed by atoms with Gasteiger partial charge in [0, 0.05) is 30.9 Å². The Morgan fingerprint density at radius 1 is 0.576 bits per heavy atom. The number of aromatic nitrogens is 1. The van der Waals surface area contributed by atoms with Crippen molar-refractivity contribution in [3.05, 3.63) is 116 Å². The minimum atomic E-state index is -1.54. The molecule has 0 bridgehead atoms. The number of ether oxygens (including phenoxy) is 10. The molecule has 1 aromatic heterocycles. The van der Waals surface area contributed by atoms with Gasteiger partial charge >= 0.3 is 42.5 Å². The fraction of sp³-hybridized carbons (Fsp3) is 0.439. The number of methoxy groups -OCH3 is 5. The Hall–Kier alpha value is -10.9. The van der Waals surface area contributed by atoms with Crippen LogP contribution in [0.2, 0.25) is 0 Å². The monoisotopic (exact) mass is 1400 g/mol. The van der Waals surface area contributed by atoms with Crippen molar-refractivity contribution < 1.29 is 115 Å². The lowest BCUT2D eigenvalue weighted by atomic mass is 9.95. The highest BCUT2D eigenvalue weighted by Crippen LogP contribution is 2.51. The number of fused-ring (bicyclic) bond motifs is 2. The van der Waals surface area contributed by atoms with Crippen molar-refractivity contribution in [2.24, 2.45) is 0 Å². The third-order valence-electron chi connectivity index (χ3n) is 15.9. The quantitative estimate of drug-likeness (QED) is 0.0105. The van der Waals surface area contributed by atoms with Gasteiger partial charge in [0.15, 0.2) is 34.3 Å². The summed E-state index contributed by atoms with van der Waals surface area (Å²) in [5, 5.41) is 24.7. The lowest BCUT2D eigenvalue weighted by Crippen LogP contribution is -2.71. The average Bonchev–Trinajstić information content (AvgIpc) is 1.59. The number of unbranched alkanes of at least 4 members (excludes halogenated alkanes) is 10. The molecule has 7 rings (SSSR count). The van der Waals surface area contributed by atoms with E-state index in [2.05, 4.69) is 29.6 Å². The number of amides is 5. The SMILES string of the molecule is COC(=O)Oc1cccc(C(=O)N(CCCCCCCCN(CC(=O)NC(C(=O)N[C@@H]2C(=O)N3[C@@H]2SC(C)(C)[C@@H]3C(=O)O)c2ccc(O)cc2)C(=O)c2cccc(OC(=O)OC)c2OC(=O)OC)CCCCCCCCn2c(=O)oc3c(OC(=O)OC)cccc3c2=O)c1OC(=O)OC. The van der Waals surface area contributed by atoms with Gasteiger partial charge in [-0.05, 0) is 93.6 Å². The number of rotatable bonds is 32. The van der Waals surface area contributed by atoms with Gasteiger partial charge in [-0.1, -0.05) is 81.7 Å². The highest BCUT2D eigenvalue weighted by molar-refractivity contribution is 8.01. The summed E-state index contributed by atoms with van der Waals surface area (Å²) in [5.41, 5.74) is -1.17. The minimum absolute atomic E-state index is 0.0285. The highest BCUT2D eigenvalue weighted by atomic mass is 32.2. The second-order valence-electron chi connectivity index (χ2n) is 22.9. The lowest BCUT2D eigenvalue weighted by Gasteiger charge is -2.44. The largest absolute Gasteiger partial charge is 0.513 e. The van der Waals surface area contributed by atoms with Crippen LogP contribution in [0.5, 0.6) is 34.5 Å². The van der Waals surface area contributed by atoms with Gasteiger partial charge < -0.3 is 87.3 Å². The number of benzene rings is 4. The number of nitrogens with one attached hydrogen (secondary N) is 2. The van der Waals surface area contributed by atoms with Crippen molar-refractivity contribution >= 4 is 89.0 Å². The topological polar surface area (TPSA) is 407 Å². The maximum atomic E-state index is 14.8. The lowest BCUT2D eigenvalue weighted by molar-refractivity contribution is -0.161. The van der Waals surface area contributed by atoms with Crippen molar-refractivity contribution in [1.82, 2.24) is 29.9 Å². The molecule has 0 saturated carbocycles. The first-order valence-electron chi connectivity index (χ1n) is 31.3. The van der Waals surface area contributed by atoms with E-state index in [4.69, 9.17) is 32.8 Å². The average molecular weight is 1400 g/mol. The van der Waals surface area contributed by atoms with Crippen molar-refractivity contribution in [1.29, 1.82) is 0 Å². The molecule has 2 aliphatic rings. The standard InChI is InChI=1S/C66H76N6O26S/c1-66(2)52(59(80)81)72-57(79)48(58(72)99-66)68-53(75)47(38-29-31-39(73)32-30-38)67-46(74)37-70(55(77)41-24-21-28-45(95-63(85)90-5)51(41)98-65(87)92-7)35-18-14-9-8-12-16-33-69(54(76)40-23-20-27-44(94-62(84)89-4)50(40)97-64(86)91-6)34-17-13-10-11-15-19-36-71-56(78)42-25-22-26-43(93-61(83)88-3)49(42)96-60(71)82/h20-32,47-48,52,58,73H,8-19,33-37H2,1-7H3,(H,67,74)(H,68,75)(H,80,81)/t47?,48-,52+,58-/m1/s1. The summed E-state index contributed by atoms with van der Waals surface area (Å²) >= 11 is 1.18. The molecule has 4 N–H and O–H groups in total. The van der Waals surface area contributed by atoms with Gasteiger partial charge in [0.25, 0.3) is 17.4 Å². The zero-order valence-corrected chi connectivity index (χ0v) is 56.0. The third-order valence-corrected chi connectivity index (χ3v) is 17.5. The van der Waals surface area contributed by atoms with E-state index in [0.717, 1.165) is 45.0 Å². The first-order chi connectivity index (χ1) is 47.4. The molecule has 4 atom stereocenters. The van der Waals surface area contributed by atoms with Crippen LogP contribution in [0.4, 0.5) is 24.0 Å². The maximum Gasteiger partial charge on any atom is 0.513 e. The normalized spacial score (nSPS) is 15.2. The van der Waals surface area contributed by atoms with Crippen LogP contribution >= 0.6 is 11.8 Å². The van der Waals surface area contributed by atoms with Gasteiger partial charge in [-0.25, -0.2) is 38.1 Å². The zero-order chi connectivity index (χ0) is 72.1. The molecule has 5 aromatic rings. The second kappa shape index (κ2) is 35.4. The van der Waals surface area contributed by atoms with E-state index in [9.17, 15) is 72.5 Å². The van der Waals surface area contributed by atoms with Crippen LogP contribution in [0.25, 0.3) is 11.0 Å². The summed E-state index contributed by atoms with van der Waals surface area (Å²) in [6.07, 6.45) is 0.497. The maximum absolute atomic E-state index is 14.8. The summed E-state index contributed by atoms with van der Waals surface area (Å²) in [6.45, 7) is 2.93. The van der Waals surface area contributed by atoms with E-state index in [1.165, 1.54) is 95.5 Å². The van der Waals surface area contributed by atoms with E-state index >= 15 is 0 Å². The number of phenolic OH excluding ortho intramolecular Hbond substituents is 1. The van der Waals surface area contributed by atoms with Crippen LogP contribution in [-0.4, -0.2) is 180 Å². The van der Waals surface area contributed by atoms with Crippen molar-refractivity contribution in [3.63, 3.8) is 0 Å². The van der Waals surface area contributed by atoms with Crippen molar-refractivity contribution in [3.8, 4) is 34.5 Å². The number of thioether (sulfide) groups is 1. The van der Waals surface area contributed by atoms with Gasteiger partial charge in [-0.3, -0.25) is 28.8 Å². The Kier molecular flexibility index (Phi) is 27.0. The molecule has 0 spiro atoms. The van der Waals surface area contributed by atoms with Crippen LogP contribution in [0, 0.1) is 0 Å². The second-order valence-corrected chi connectivity index (χ2v) is 24.7. The number of carbonyl (C=O) groups is 11. The molecule has 32 nitrogen and oxygen atoms in total. The molecule has 3 heterocycles. The van der Waals surface area contributed by atoms with E-state index < -0.39 is 130 Å². The molecule has 532 valence electrons. The predicted molar refractivity (Wildman–Crippen MR) is 347 cm³/mol. The summed E-state index contributed by atoms with van der Waals surface area (Å²) in [5.74, 6) is -8.11. The molecule has 1 unspecified atom stereocenters. The third kappa shape index (κ3) is 19.5. The van der Waals surface area contributed by atoms with Crippen molar-refractivity contribution in [2.45, 2.75) is 126 Å². The van der Waals surface area contributed by atoms with Crippen LogP contribution in [0.15, 0.2) is 92.9 Å². The minimum Gasteiger partial charge on any atom is -0.508 e. The molecule has 99 heavy (non-hydrogen) atoms. The molecule has 4 aromatic carbocycles. The molecule has 2 aliphatic heterocycles. The van der Waals surface area contributed by atoms with Gasteiger partial charge in [0.1, 0.15) is 29.2 Å². The number of para-hydroxylation sites is 3. The van der Waals surface area contributed by atoms with Crippen LogP contribution in [0.1, 0.15) is 123 Å². The summed E-state index contributed by atoms with van der Waals surface area (Å²) in [6, 6.07) is 13.4. The number of carboxylic acids is 1. The Bertz CT molecular complexity index is 3930. The Balaban J connectivity index is 1.02. The summed E-state index contributed by atoms with van der Waals surface area (Å²) in [7, 11) is 5.23. The van der Waals surface area contributed by atoms with E-state index in [1.54, 1.807) is 18.7 Å². The fourth-order valence-corrected chi connectivity index (χ4v) is 12.7. The van der Waals surface area contributed by atoms with Crippen LogP contribution < -0.4 is 45.6 Å². The number of aromatic hydroxyl groups is 1. The molecular weight excluding hydrogens is 1320 g/mol. The Morgan fingerprint density at radius 2 is 1.02 bits per heavy atom. The van der Waals surface area contributed by atoms with Gasteiger partial charge in [0.05, 0.1) is 58.6 Å². The van der Waals surface area contributed by atoms with Gasteiger partial charge in [-0.15, -0.1) is 11.8 Å². The molecule has 0 aliphatic carbocycles.